The van der Waals surface area contributed by atoms with Crippen LogP contribution in [0.5, 0.6) is 0 Å². The molecule has 1 fully saturated rings. The molecule has 1 amide bonds. The fourth-order valence-corrected chi connectivity index (χ4v) is 1.44. The normalized spacial score (nSPS) is 15.3. The summed E-state index contributed by atoms with van der Waals surface area (Å²) < 4.78 is 0. The highest BCUT2D eigenvalue weighted by Crippen LogP contribution is 2.15. The zero-order valence-corrected chi connectivity index (χ0v) is 7.95. The molecule has 6 nitrogen and oxygen atoms in total. The highest BCUT2D eigenvalue weighted by molar-refractivity contribution is 5.94. The minimum atomic E-state index is -0.0735. The van der Waals surface area contributed by atoms with Crippen LogP contribution in [0.3, 0.4) is 0 Å². The summed E-state index contributed by atoms with van der Waals surface area (Å²) in [7, 11) is 0. The Bertz CT molecular complexity index is 406. The van der Waals surface area contributed by atoms with Gasteiger partial charge in [0, 0.05) is 30.4 Å². The molecule has 1 aromatic heterocycles. The van der Waals surface area contributed by atoms with Crippen LogP contribution < -0.4 is 0 Å². The van der Waals surface area contributed by atoms with Gasteiger partial charge in [0.1, 0.15) is 0 Å². The van der Waals surface area contributed by atoms with E-state index in [4.69, 9.17) is 5.53 Å². The van der Waals surface area contributed by atoms with Crippen LogP contribution in [-0.2, 0) is 0 Å². The first-order chi connectivity index (χ1) is 7.31. The van der Waals surface area contributed by atoms with Gasteiger partial charge >= 0.3 is 0 Å². The maximum absolute atomic E-state index is 11.7. The highest BCUT2D eigenvalue weighted by atomic mass is 16.2. The summed E-state index contributed by atoms with van der Waals surface area (Å²) in [5.74, 6) is -0.0625. The van der Waals surface area contributed by atoms with Gasteiger partial charge in [-0.25, -0.2) is 0 Å². The Kier molecular flexibility index (Phi) is 2.51. The van der Waals surface area contributed by atoms with Crippen molar-refractivity contribution in [2.75, 3.05) is 13.1 Å². The van der Waals surface area contributed by atoms with Crippen molar-refractivity contribution in [1.29, 1.82) is 0 Å². The average molecular weight is 203 g/mol. The van der Waals surface area contributed by atoms with Gasteiger partial charge in [0.2, 0.25) is 0 Å². The molecule has 2 heterocycles. The van der Waals surface area contributed by atoms with Crippen LogP contribution in [0.25, 0.3) is 10.4 Å². The van der Waals surface area contributed by atoms with E-state index in [9.17, 15) is 4.79 Å². The summed E-state index contributed by atoms with van der Waals surface area (Å²) in [6, 6.07) is 3.37. The standard InChI is InChI=1S/C9H9N5O/c10-13-12-8-5-14(6-8)9(15)7-2-1-3-11-4-7/h1-4,8H,5-6H2. The van der Waals surface area contributed by atoms with Gasteiger partial charge in [0.25, 0.3) is 5.91 Å². The molecule has 0 atom stereocenters. The molecule has 0 spiro atoms. The molecule has 76 valence electrons. The molecular weight excluding hydrogens is 194 g/mol. The van der Waals surface area contributed by atoms with Crippen LogP contribution in [0.2, 0.25) is 0 Å². The van der Waals surface area contributed by atoms with Crippen molar-refractivity contribution in [2.45, 2.75) is 6.04 Å². The molecule has 1 aliphatic rings. The Morgan fingerprint density at radius 3 is 3.07 bits per heavy atom. The smallest absolute Gasteiger partial charge is 0.255 e. The molecule has 0 radical (unpaired) electrons. The molecule has 0 saturated carbocycles. The fourth-order valence-electron chi connectivity index (χ4n) is 1.44. The van der Waals surface area contributed by atoms with Gasteiger partial charge in [-0.05, 0) is 17.7 Å². The summed E-state index contributed by atoms with van der Waals surface area (Å²) >= 11 is 0. The van der Waals surface area contributed by atoms with E-state index in [0.29, 0.717) is 18.7 Å². The van der Waals surface area contributed by atoms with E-state index < -0.39 is 0 Å². The molecule has 0 N–H and O–H groups in total. The third kappa shape index (κ3) is 1.89. The zero-order valence-electron chi connectivity index (χ0n) is 7.95. The summed E-state index contributed by atoms with van der Waals surface area (Å²) in [6.45, 7) is 0.996. The lowest BCUT2D eigenvalue weighted by molar-refractivity contribution is 0.0608. The Morgan fingerprint density at radius 2 is 2.47 bits per heavy atom. The minimum Gasteiger partial charge on any atom is -0.338 e. The average Bonchev–Trinajstić information content (AvgIpc) is 2.23. The number of amides is 1. The first-order valence-electron chi connectivity index (χ1n) is 4.55. The molecule has 0 unspecified atom stereocenters. The van der Waals surface area contributed by atoms with Crippen molar-refractivity contribution >= 4 is 5.91 Å². The summed E-state index contributed by atoms with van der Waals surface area (Å²) in [5.41, 5.74) is 8.76. The Morgan fingerprint density at radius 1 is 1.67 bits per heavy atom. The van der Waals surface area contributed by atoms with Crippen LogP contribution >= 0.6 is 0 Å². The number of carbonyl (C=O) groups excluding carboxylic acids is 1. The van der Waals surface area contributed by atoms with Crippen molar-refractivity contribution in [1.82, 2.24) is 9.88 Å². The second kappa shape index (κ2) is 3.98. The van der Waals surface area contributed by atoms with Gasteiger partial charge < -0.3 is 4.90 Å². The lowest BCUT2D eigenvalue weighted by atomic mass is 10.1. The number of hydrogen-bond donors (Lipinski definition) is 0. The van der Waals surface area contributed by atoms with Gasteiger partial charge in [0.05, 0.1) is 11.6 Å². The Balaban J connectivity index is 1.98. The van der Waals surface area contributed by atoms with E-state index in [1.54, 1.807) is 23.2 Å². The molecule has 15 heavy (non-hydrogen) atoms. The number of aromatic nitrogens is 1. The number of azide groups is 1. The van der Waals surface area contributed by atoms with Crippen LogP contribution in [0, 0.1) is 0 Å². The van der Waals surface area contributed by atoms with Crippen LogP contribution in [0.15, 0.2) is 29.6 Å². The van der Waals surface area contributed by atoms with Crippen molar-refractivity contribution in [3.8, 4) is 0 Å². The molecule has 0 aliphatic carbocycles. The summed E-state index contributed by atoms with van der Waals surface area (Å²) in [5, 5.41) is 3.53. The quantitative estimate of drug-likeness (QED) is 0.411. The fraction of sp³-hybridized carbons (Fsp3) is 0.333. The van der Waals surface area contributed by atoms with E-state index >= 15 is 0 Å². The molecule has 0 bridgehead atoms. The van der Waals surface area contributed by atoms with Crippen LogP contribution in [0.4, 0.5) is 0 Å². The van der Waals surface area contributed by atoms with E-state index in [2.05, 4.69) is 15.0 Å². The van der Waals surface area contributed by atoms with Crippen molar-refractivity contribution < 1.29 is 4.79 Å². The number of hydrogen-bond acceptors (Lipinski definition) is 3. The van der Waals surface area contributed by atoms with Gasteiger partial charge in [-0.2, -0.15) is 0 Å². The van der Waals surface area contributed by atoms with Crippen molar-refractivity contribution in [3.63, 3.8) is 0 Å². The van der Waals surface area contributed by atoms with Crippen LogP contribution in [-0.4, -0.2) is 34.9 Å². The number of nitrogens with zero attached hydrogens (tertiary/aromatic N) is 5. The summed E-state index contributed by atoms with van der Waals surface area (Å²) in [4.78, 5) is 19.9. The molecule has 1 aliphatic heterocycles. The van der Waals surface area contributed by atoms with E-state index in [-0.39, 0.29) is 11.9 Å². The first kappa shape index (κ1) is 9.48. The number of likely N-dealkylation sites (tertiary alicyclic amines) is 1. The largest absolute Gasteiger partial charge is 0.338 e. The lowest BCUT2D eigenvalue weighted by Gasteiger charge is -2.36. The molecular formula is C9H9N5O. The van der Waals surface area contributed by atoms with Crippen molar-refractivity contribution in [3.05, 3.63) is 40.5 Å². The monoisotopic (exact) mass is 203 g/mol. The van der Waals surface area contributed by atoms with E-state index in [1.165, 1.54) is 6.20 Å². The number of rotatable bonds is 2. The van der Waals surface area contributed by atoms with Gasteiger partial charge in [-0.3, -0.25) is 9.78 Å². The number of pyridine rings is 1. The van der Waals surface area contributed by atoms with E-state index in [1.807, 2.05) is 0 Å². The SMILES string of the molecule is [N-]=[N+]=NC1CN(C(=O)c2cccnc2)C1. The second-order valence-electron chi connectivity index (χ2n) is 3.31. The molecule has 1 saturated heterocycles. The predicted molar refractivity (Wildman–Crippen MR) is 53.1 cm³/mol. The molecule has 2 rings (SSSR count). The van der Waals surface area contributed by atoms with E-state index in [0.717, 1.165) is 0 Å². The topological polar surface area (TPSA) is 82.0 Å². The first-order valence-corrected chi connectivity index (χ1v) is 4.55. The minimum absolute atomic E-state index is 0.0625. The third-order valence-corrected chi connectivity index (χ3v) is 2.27. The maximum atomic E-state index is 11.7. The summed E-state index contributed by atoms with van der Waals surface area (Å²) in [6.07, 6.45) is 3.15. The molecule has 6 heteroatoms. The molecule has 1 aromatic rings. The Hall–Kier alpha value is -2.07. The zero-order chi connectivity index (χ0) is 10.7. The van der Waals surface area contributed by atoms with Gasteiger partial charge in [0.15, 0.2) is 0 Å². The van der Waals surface area contributed by atoms with Crippen molar-refractivity contribution in [2.24, 2.45) is 5.11 Å². The van der Waals surface area contributed by atoms with Gasteiger partial charge in [-0.15, -0.1) is 0 Å². The third-order valence-electron chi connectivity index (χ3n) is 2.27. The Labute approximate surface area is 86.2 Å². The van der Waals surface area contributed by atoms with Crippen LogP contribution in [0.1, 0.15) is 10.4 Å². The molecule has 0 aromatic carbocycles. The predicted octanol–water partition coefficient (Wildman–Crippen LogP) is 1.22. The van der Waals surface area contributed by atoms with Gasteiger partial charge in [-0.1, -0.05) is 5.11 Å². The maximum Gasteiger partial charge on any atom is 0.255 e. The lowest BCUT2D eigenvalue weighted by Crippen LogP contribution is -2.52. The highest BCUT2D eigenvalue weighted by Gasteiger charge is 2.30. The second-order valence-corrected chi connectivity index (χ2v) is 3.31. The number of carbonyl (C=O) groups is 1.